The summed E-state index contributed by atoms with van der Waals surface area (Å²) >= 11 is 0. The number of amides is 1. The van der Waals surface area contributed by atoms with E-state index in [4.69, 9.17) is 0 Å². The topological polar surface area (TPSA) is 92.7 Å². The molecule has 0 spiro atoms. The first-order valence-corrected chi connectivity index (χ1v) is 7.94. The van der Waals surface area contributed by atoms with E-state index in [-0.39, 0.29) is 5.82 Å². The fourth-order valence-corrected chi connectivity index (χ4v) is 2.55. The lowest BCUT2D eigenvalue weighted by atomic mass is 10.1. The minimum Gasteiger partial charge on any atom is -0.345 e. The summed E-state index contributed by atoms with van der Waals surface area (Å²) in [6.45, 7) is 1.51. The standard InChI is InChI=1S/C17H13F4N5O2/c1-9(10-3-2-4-11(18)7-10)23-16(28)12-8-22-26(15(12)17(19,20)21)13-5-6-14(27)25-24-13/h2-9H,1H3,(H,23,28)(H,25,27). The number of H-pyrrole nitrogens is 1. The molecular formula is C17H13F4N5O2. The van der Waals surface area contributed by atoms with Crippen LogP contribution < -0.4 is 10.9 Å². The summed E-state index contributed by atoms with van der Waals surface area (Å²) < 4.78 is 54.5. The molecule has 0 aliphatic heterocycles. The van der Waals surface area contributed by atoms with E-state index in [1.807, 2.05) is 5.10 Å². The van der Waals surface area contributed by atoms with Crippen molar-refractivity contribution in [2.45, 2.75) is 19.1 Å². The third kappa shape index (κ3) is 3.92. The number of alkyl halides is 3. The van der Waals surface area contributed by atoms with E-state index in [9.17, 15) is 27.2 Å². The molecule has 1 amide bonds. The fraction of sp³-hybridized carbons (Fsp3) is 0.176. The van der Waals surface area contributed by atoms with Crippen LogP contribution in [0.25, 0.3) is 5.82 Å². The van der Waals surface area contributed by atoms with E-state index < -0.39 is 40.8 Å². The number of benzene rings is 1. The molecule has 1 aromatic carbocycles. The van der Waals surface area contributed by atoms with E-state index in [0.29, 0.717) is 10.2 Å². The molecule has 146 valence electrons. The van der Waals surface area contributed by atoms with E-state index in [2.05, 4.69) is 15.5 Å². The summed E-state index contributed by atoms with van der Waals surface area (Å²) in [5.41, 5.74) is -2.30. The van der Waals surface area contributed by atoms with Gasteiger partial charge in [-0.15, -0.1) is 0 Å². The Morgan fingerprint density at radius 3 is 2.61 bits per heavy atom. The van der Waals surface area contributed by atoms with Gasteiger partial charge in [0.15, 0.2) is 11.5 Å². The average Bonchev–Trinajstić information content (AvgIpc) is 3.08. The van der Waals surface area contributed by atoms with Crippen LogP contribution in [0.5, 0.6) is 0 Å². The smallest absolute Gasteiger partial charge is 0.345 e. The quantitative estimate of drug-likeness (QED) is 0.665. The maximum absolute atomic E-state index is 13.6. The first-order valence-electron chi connectivity index (χ1n) is 7.94. The van der Waals surface area contributed by atoms with Gasteiger partial charge in [0.2, 0.25) is 0 Å². The molecule has 0 aliphatic carbocycles. The molecule has 3 rings (SSSR count). The van der Waals surface area contributed by atoms with Crippen molar-refractivity contribution in [1.29, 1.82) is 0 Å². The maximum atomic E-state index is 13.6. The molecule has 0 saturated carbocycles. The van der Waals surface area contributed by atoms with Gasteiger partial charge >= 0.3 is 6.18 Å². The third-order valence-corrected chi connectivity index (χ3v) is 3.86. The van der Waals surface area contributed by atoms with Gasteiger partial charge in [-0.1, -0.05) is 12.1 Å². The molecule has 7 nitrogen and oxygen atoms in total. The van der Waals surface area contributed by atoms with E-state index in [0.717, 1.165) is 18.3 Å². The largest absolute Gasteiger partial charge is 0.434 e. The van der Waals surface area contributed by atoms with Gasteiger partial charge in [-0.25, -0.2) is 14.2 Å². The number of nitrogens with zero attached hydrogens (tertiary/aromatic N) is 3. The number of aromatic amines is 1. The average molecular weight is 395 g/mol. The van der Waals surface area contributed by atoms with Gasteiger partial charge < -0.3 is 5.32 Å². The van der Waals surface area contributed by atoms with Crippen LogP contribution in [-0.2, 0) is 6.18 Å². The monoisotopic (exact) mass is 395 g/mol. The second kappa shape index (κ2) is 7.25. The number of rotatable bonds is 4. The molecule has 0 fully saturated rings. The number of carbonyl (C=O) groups excluding carboxylic acids is 1. The van der Waals surface area contributed by atoms with Crippen LogP contribution in [0.4, 0.5) is 17.6 Å². The predicted octanol–water partition coefficient (Wildman–Crippen LogP) is 2.60. The first-order chi connectivity index (χ1) is 13.2. The van der Waals surface area contributed by atoms with Crippen LogP contribution in [-0.4, -0.2) is 25.9 Å². The summed E-state index contributed by atoms with van der Waals surface area (Å²) in [6, 6.07) is 6.61. The molecule has 3 aromatic rings. The number of hydrogen-bond donors (Lipinski definition) is 2. The highest BCUT2D eigenvalue weighted by Crippen LogP contribution is 2.33. The molecule has 2 aromatic heterocycles. The van der Waals surface area contributed by atoms with Crippen molar-refractivity contribution in [1.82, 2.24) is 25.3 Å². The molecule has 0 bridgehead atoms. The lowest BCUT2D eigenvalue weighted by molar-refractivity contribution is -0.143. The van der Waals surface area contributed by atoms with Crippen molar-refractivity contribution in [2.24, 2.45) is 0 Å². The van der Waals surface area contributed by atoms with Gasteiger partial charge in [-0.3, -0.25) is 9.59 Å². The summed E-state index contributed by atoms with van der Waals surface area (Å²) in [6.07, 6.45) is -4.17. The Morgan fingerprint density at radius 1 is 1.25 bits per heavy atom. The lowest BCUT2D eigenvalue weighted by Crippen LogP contribution is -2.29. The Hall–Kier alpha value is -3.50. The van der Waals surface area contributed by atoms with Crippen molar-refractivity contribution in [2.75, 3.05) is 0 Å². The number of halogens is 4. The second-order valence-corrected chi connectivity index (χ2v) is 5.85. The van der Waals surface area contributed by atoms with Crippen molar-refractivity contribution >= 4 is 5.91 Å². The lowest BCUT2D eigenvalue weighted by Gasteiger charge is -2.16. The molecular weight excluding hydrogens is 382 g/mol. The van der Waals surface area contributed by atoms with Gasteiger partial charge in [0.25, 0.3) is 11.5 Å². The Balaban J connectivity index is 1.96. The number of aromatic nitrogens is 4. The van der Waals surface area contributed by atoms with E-state index in [1.54, 1.807) is 0 Å². The molecule has 2 heterocycles. The summed E-state index contributed by atoms with van der Waals surface area (Å²) in [5, 5.41) is 11.5. The van der Waals surface area contributed by atoms with Crippen LogP contribution in [0.3, 0.4) is 0 Å². The Kier molecular flexibility index (Phi) is 4.99. The highest BCUT2D eigenvalue weighted by atomic mass is 19.4. The molecule has 28 heavy (non-hydrogen) atoms. The van der Waals surface area contributed by atoms with Gasteiger partial charge in [-0.2, -0.15) is 23.4 Å². The van der Waals surface area contributed by atoms with Crippen LogP contribution in [0.2, 0.25) is 0 Å². The minimum atomic E-state index is -4.93. The highest BCUT2D eigenvalue weighted by molar-refractivity contribution is 5.95. The molecule has 1 unspecified atom stereocenters. The third-order valence-electron chi connectivity index (χ3n) is 3.86. The van der Waals surface area contributed by atoms with Gasteiger partial charge in [0, 0.05) is 6.07 Å². The second-order valence-electron chi connectivity index (χ2n) is 5.85. The van der Waals surface area contributed by atoms with Gasteiger partial charge in [0.05, 0.1) is 17.8 Å². The zero-order valence-electron chi connectivity index (χ0n) is 14.3. The summed E-state index contributed by atoms with van der Waals surface area (Å²) in [4.78, 5) is 23.5. The zero-order valence-corrected chi connectivity index (χ0v) is 14.3. The Labute approximate surface area is 155 Å². The van der Waals surface area contributed by atoms with Crippen molar-refractivity contribution in [3.63, 3.8) is 0 Å². The SMILES string of the molecule is CC(NC(=O)c1cnn(-c2ccc(=O)[nH]n2)c1C(F)(F)F)c1cccc(F)c1. The van der Waals surface area contributed by atoms with Crippen molar-refractivity contribution < 1.29 is 22.4 Å². The molecule has 0 aliphatic rings. The highest BCUT2D eigenvalue weighted by Gasteiger charge is 2.41. The van der Waals surface area contributed by atoms with Gasteiger partial charge in [-0.05, 0) is 30.7 Å². The summed E-state index contributed by atoms with van der Waals surface area (Å²) in [7, 11) is 0. The van der Waals surface area contributed by atoms with Crippen molar-refractivity contribution in [3.05, 3.63) is 75.6 Å². The number of carbonyl (C=O) groups is 1. The zero-order chi connectivity index (χ0) is 20.5. The normalized spacial score (nSPS) is 12.6. The van der Waals surface area contributed by atoms with Gasteiger partial charge in [0.1, 0.15) is 5.82 Å². The number of hydrogen-bond acceptors (Lipinski definition) is 4. The molecule has 1 atom stereocenters. The first kappa shape index (κ1) is 19.3. The van der Waals surface area contributed by atoms with Crippen LogP contribution in [0.1, 0.15) is 34.6 Å². The molecule has 2 N–H and O–H groups in total. The minimum absolute atomic E-state index is 0.316. The Bertz CT molecular complexity index is 1050. The van der Waals surface area contributed by atoms with Crippen LogP contribution in [0.15, 0.2) is 47.4 Å². The van der Waals surface area contributed by atoms with Crippen LogP contribution in [0, 0.1) is 5.82 Å². The number of nitrogens with one attached hydrogen (secondary N) is 2. The Morgan fingerprint density at radius 2 is 2.00 bits per heavy atom. The molecule has 11 heteroatoms. The maximum Gasteiger partial charge on any atom is 0.434 e. The van der Waals surface area contributed by atoms with Crippen LogP contribution >= 0.6 is 0 Å². The summed E-state index contributed by atoms with van der Waals surface area (Å²) in [5.74, 6) is -1.89. The van der Waals surface area contributed by atoms with E-state index >= 15 is 0 Å². The van der Waals surface area contributed by atoms with E-state index in [1.165, 1.54) is 31.2 Å². The fourth-order valence-electron chi connectivity index (χ4n) is 2.55. The molecule has 0 saturated heterocycles. The molecule has 0 radical (unpaired) electrons. The predicted molar refractivity (Wildman–Crippen MR) is 89.3 cm³/mol. The van der Waals surface area contributed by atoms with Crippen molar-refractivity contribution in [3.8, 4) is 5.82 Å².